The zero-order valence-corrected chi connectivity index (χ0v) is 14.2. The Morgan fingerprint density at radius 2 is 1.81 bits per heavy atom. The first-order valence-electron chi connectivity index (χ1n) is 8.48. The van der Waals surface area contributed by atoms with Crippen molar-refractivity contribution >= 4 is 5.91 Å². The van der Waals surface area contributed by atoms with Crippen LogP contribution in [0.2, 0.25) is 0 Å². The summed E-state index contributed by atoms with van der Waals surface area (Å²) in [6.45, 7) is 3.33. The number of benzene rings is 1. The maximum Gasteiger partial charge on any atom is 0.416 e. The fourth-order valence-electron chi connectivity index (χ4n) is 3.02. The van der Waals surface area contributed by atoms with E-state index in [-0.39, 0.29) is 12.3 Å². The number of pyridine rings is 1. The Balaban J connectivity index is 1.52. The van der Waals surface area contributed by atoms with Gasteiger partial charge in [0.2, 0.25) is 5.91 Å². The summed E-state index contributed by atoms with van der Waals surface area (Å²) < 4.78 is 38.3. The van der Waals surface area contributed by atoms with Crippen molar-refractivity contribution in [3.05, 3.63) is 65.5 Å². The Kier molecular flexibility index (Phi) is 5.56. The number of alkyl halides is 3. The molecular weight excluding hydrogens is 343 g/mol. The average molecular weight is 363 g/mol. The maximum atomic E-state index is 12.8. The van der Waals surface area contributed by atoms with Gasteiger partial charge in [-0.25, -0.2) is 0 Å². The van der Waals surface area contributed by atoms with Crippen LogP contribution in [0, 0.1) is 0 Å². The molecule has 7 heteroatoms. The molecule has 1 aliphatic heterocycles. The molecule has 1 fully saturated rings. The summed E-state index contributed by atoms with van der Waals surface area (Å²) in [5.74, 6) is -0.137. The molecule has 0 bridgehead atoms. The fraction of sp³-hybridized carbons (Fsp3) is 0.368. The lowest BCUT2D eigenvalue weighted by atomic mass is 10.1. The van der Waals surface area contributed by atoms with E-state index >= 15 is 0 Å². The monoisotopic (exact) mass is 363 g/mol. The zero-order valence-electron chi connectivity index (χ0n) is 14.2. The van der Waals surface area contributed by atoms with Gasteiger partial charge in [0.05, 0.1) is 17.7 Å². The van der Waals surface area contributed by atoms with Crippen molar-refractivity contribution in [3.8, 4) is 0 Å². The number of nitrogens with zero attached hydrogens (tertiary/aromatic N) is 3. The summed E-state index contributed by atoms with van der Waals surface area (Å²) in [7, 11) is 0. The molecule has 2 heterocycles. The van der Waals surface area contributed by atoms with Crippen LogP contribution in [0.15, 0.2) is 48.7 Å². The molecule has 0 atom stereocenters. The molecule has 0 radical (unpaired) electrons. The van der Waals surface area contributed by atoms with E-state index in [2.05, 4.69) is 9.88 Å². The summed E-state index contributed by atoms with van der Waals surface area (Å²) in [5.41, 5.74) is 0.653. The van der Waals surface area contributed by atoms with E-state index in [0.29, 0.717) is 18.7 Å². The van der Waals surface area contributed by atoms with E-state index < -0.39 is 11.7 Å². The number of hydrogen-bond donors (Lipinski definition) is 0. The Morgan fingerprint density at radius 1 is 1.04 bits per heavy atom. The van der Waals surface area contributed by atoms with Crippen molar-refractivity contribution in [2.24, 2.45) is 0 Å². The quantitative estimate of drug-likeness (QED) is 0.838. The smallest absolute Gasteiger partial charge is 0.340 e. The van der Waals surface area contributed by atoms with Crippen LogP contribution in [0.25, 0.3) is 0 Å². The van der Waals surface area contributed by atoms with Gasteiger partial charge < -0.3 is 4.90 Å². The van der Waals surface area contributed by atoms with Gasteiger partial charge in [0.25, 0.3) is 0 Å². The number of hydrogen-bond acceptors (Lipinski definition) is 3. The van der Waals surface area contributed by atoms with Crippen LogP contribution >= 0.6 is 0 Å². The van der Waals surface area contributed by atoms with Crippen molar-refractivity contribution in [2.75, 3.05) is 26.2 Å². The van der Waals surface area contributed by atoms with Crippen molar-refractivity contribution in [1.82, 2.24) is 14.8 Å². The topological polar surface area (TPSA) is 36.4 Å². The molecule has 4 nitrogen and oxygen atoms in total. The number of carbonyl (C=O) groups excluding carboxylic acids is 1. The molecule has 0 saturated carbocycles. The zero-order chi connectivity index (χ0) is 18.6. The van der Waals surface area contributed by atoms with Gasteiger partial charge in [-0.15, -0.1) is 0 Å². The van der Waals surface area contributed by atoms with Crippen molar-refractivity contribution < 1.29 is 18.0 Å². The van der Waals surface area contributed by atoms with Crippen molar-refractivity contribution in [1.29, 1.82) is 0 Å². The van der Waals surface area contributed by atoms with E-state index in [1.54, 1.807) is 17.2 Å². The standard InChI is InChI=1S/C19H20F3N3O/c20-19(21,22)16-5-3-4-15(12-16)13-18(26)25-10-8-24(9-11-25)14-17-6-1-2-7-23-17/h1-7,12H,8-11,13-14H2. The van der Waals surface area contributed by atoms with Crippen LogP contribution in [-0.2, 0) is 23.9 Å². The summed E-state index contributed by atoms with van der Waals surface area (Å²) >= 11 is 0. The van der Waals surface area contributed by atoms with Gasteiger partial charge in [0.15, 0.2) is 0 Å². The molecule has 0 spiro atoms. The predicted molar refractivity (Wildman–Crippen MR) is 91.2 cm³/mol. The minimum atomic E-state index is -4.39. The highest BCUT2D eigenvalue weighted by Gasteiger charge is 2.30. The maximum absolute atomic E-state index is 12.8. The second-order valence-corrected chi connectivity index (χ2v) is 6.35. The molecule has 2 aromatic rings. The van der Waals surface area contributed by atoms with Gasteiger partial charge in [-0.2, -0.15) is 13.2 Å². The molecule has 26 heavy (non-hydrogen) atoms. The normalized spacial score (nSPS) is 15.9. The SMILES string of the molecule is O=C(Cc1cccc(C(F)(F)F)c1)N1CCN(Cc2ccccn2)CC1. The second-order valence-electron chi connectivity index (χ2n) is 6.35. The minimum Gasteiger partial charge on any atom is -0.340 e. The fourth-order valence-corrected chi connectivity index (χ4v) is 3.02. The third kappa shape index (κ3) is 4.82. The third-order valence-corrected chi connectivity index (χ3v) is 4.45. The van der Waals surface area contributed by atoms with E-state index in [1.807, 2.05) is 18.2 Å². The Labute approximate surface area is 150 Å². The Bertz CT molecular complexity index is 741. The van der Waals surface area contributed by atoms with E-state index in [4.69, 9.17) is 0 Å². The number of carbonyl (C=O) groups is 1. The second kappa shape index (κ2) is 7.86. The number of aromatic nitrogens is 1. The van der Waals surface area contributed by atoms with Gasteiger partial charge in [0.1, 0.15) is 0 Å². The average Bonchev–Trinajstić information content (AvgIpc) is 2.63. The highest BCUT2D eigenvalue weighted by molar-refractivity contribution is 5.79. The van der Waals surface area contributed by atoms with Crippen LogP contribution in [-0.4, -0.2) is 46.9 Å². The van der Waals surface area contributed by atoms with Crippen molar-refractivity contribution in [2.45, 2.75) is 19.1 Å². The first kappa shape index (κ1) is 18.4. The van der Waals surface area contributed by atoms with Crippen LogP contribution in [0.5, 0.6) is 0 Å². The molecule has 1 saturated heterocycles. The third-order valence-electron chi connectivity index (χ3n) is 4.45. The Hall–Kier alpha value is -2.41. The highest BCUT2D eigenvalue weighted by atomic mass is 19.4. The van der Waals surface area contributed by atoms with E-state index in [9.17, 15) is 18.0 Å². The van der Waals surface area contributed by atoms with E-state index in [1.165, 1.54) is 6.07 Å². The first-order chi connectivity index (χ1) is 12.4. The van der Waals surface area contributed by atoms with Crippen LogP contribution in [0.4, 0.5) is 13.2 Å². The minimum absolute atomic E-state index is 0.00976. The number of rotatable bonds is 4. The van der Waals surface area contributed by atoms with Gasteiger partial charge >= 0.3 is 6.18 Å². The van der Waals surface area contributed by atoms with Gasteiger partial charge in [-0.1, -0.05) is 24.3 Å². The Morgan fingerprint density at radius 3 is 2.46 bits per heavy atom. The molecule has 0 N–H and O–H groups in total. The van der Waals surface area contributed by atoms with E-state index in [0.717, 1.165) is 37.5 Å². The summed E-state index contributed by atoms with van der Waals surface area (Å²) in [6.07, 6.45) is -2.65. The predicted octanol–water partition coefficient (Wildman–Crippen LogP) is 2.99. The first-order valence-corrected chi connectivity index (χ1v) is 8.48. The molecule has 0 unspecified atom stereocenters. The summed E-state index contributed by atoms with van der Waals surface area (Å²) in [4.78, 5) is 20.6. The van der Waals surface area contributed by atoms with Crippen LogP contribution < -0.4 is 0 Å². The molecule has 1 amide bonds. The summed E-state index contributed by atoms with van der Waals surface area (Å²) in [6, 6.07) is 10.7. The van der Waals surface area contributed by atoms with Crippen LogP contribution in [0.3, 0.4) is 0 Å². The molecule has 138 valence electrons. The van der Waals surface area contributed by atoms with Gasteiger partial charge in [-0.05, 0) is 23.8 Å². The molecule has 1 aliphatic rings. The highest BCUT2D eigenvalue weighted by Crippen LogP contribution is 2.29. The van der Waals surface area contributed by atoms with Gasteiger partial charge in [-0.3, -0.25) is 14.7 Å². The lowest BCUT2D eigenvalue weighted by Crippen LogP contribution is -2.48. The lowest BCUT2D eigenvalue weighted by molar-refractivity contribution is -0.138. The molecular formula is C19H20F3N3O. The lowest BCUT2D eigenvalue weighted by Gasteiger charge is -2.34. The largest absolute Gasteiger partial charge is 0.416 e. The number of amides is 1. The molecule has 0 aliphatic carbocycles. The van der Waals surface area contributed by atoms with Crippen LogP contribution in [0.1, 0.15) is 16.8 Å². The molecule has 1 aromatic heterocycles. The number of piperazine rings is 1. The van der Waals surface area contributed by atoms with Gasteiger partial charge in [0, 0.05) is 38.9 Å². The van der Waals surface area contributed by atoms with Crippen molar-refractivity contribution in [3.63, 3.8) is 0 Å². The molecule has 3 rings (SSSR count). The summed E-state index contributed by atoms with van der Waals surface area (Å²) in [5, 5.41) is 0. The molecule has 1 aromatic carbocycles. The number of halogens is 3.